The third kappa shape index (κ3) is 2.65. The van der Waals surface area contributed by atoms with Crippen LogP contribution in [0.5, 0.6) is 0 Å². The lowest BCUT2D eigenvalue weighted by atomic mass is 10.1. The molecule has 18 heavy (non-hydrogen) atoms. The van der Waals surface area contributed by atoms with Gasteiger partial charge >= 0.3 is 5.97 Å². The molecule has 0 amide bonds. The van der Waals surface area contributed by atoms with E-state index in [9.17, 15) is 4.79 Å². The Labute approximate surface area is 102 Å². The second-order valence-electron chi connectivity index (χ2n) is 3.51. The molecule has 2 rings (SSSR count). The van der Waals surface area contributed by atoms with Crippen LogP contribution < -0.4 is 5.32 Å². The lowest BCUT2D eigenvalue weighted by Crippen LogP contribution is -2.01. The molecule has 1 aromatic carbocycles. The lowest BCUT2D eigenvalue weighted by molar-refractivity contribution is 0.0690. The fourth-order valence-corrected chi connectivity index (χ4v) is 1.33. The van der Waals surface area contributed by atoms with Gasteiger partial charge in [-0.3, -0.25) is 0 Å². The number of benzene rings is 1. The van der Waals surface area contributed by atoms with Crippen molar-refractivity contribution in [3.05, 3.63) is 47.3 Å². The van der Waals surface area contributed by atoms with Gasteiger partial charge in [-0.15, -0.1) is 0 Å². The summed E-state index contributed by atoms with van der Waals surface area (Å²) in [6.45, 7) is 0.436. The largest absolute Gasteiger partial charge is 0.476 e. The SMILES string of the molecule is N#Cc1ccc(CNc2nc(C(=O)O)co2)cc1. The molecule has 0 saturated heterocycles. The summed E-state index contributed by atoms with van der Waals surface area (Å²) in [6, 6.07) is 9.18. The summed E-state index contributed by atoms with van der Waals surface area (Å²) in [5.41, 5.74) is 1.38. The van der Waals surface area contributed by atoms with Gasteiger partial charge in [0.1, 0.15) is 6.26 Å². The van der Waals surface area contributed by atoms with Crippen LogP contribution in [0.1, 0.15) is 21.6 Å². The topological polar surface area (TPSA) is 99.2 Å². The van der Waals surface area contributed by atoms with Crippen LogP contribution in [0.3, 0.4) is 0 Å². The molecule has 0 unspecified atom stereocenters. The summed E-state index contributed by atoms with van der Waals surface area (Å²) in [5, 5.41) is 20.2. The van der Waals surface area contributed by atoms with Crippen molar-refractivity contribution in [3.63, 3.8) is 0 Å². The molecule has 0 aliphatic heterocycles. The molecule has 0 bridgehead atoms. The molecule has 90 valence electrons. The van der Waals surface area contributed by atoms with Crippen molar-refractivity contribution in [3.8, 4) is 6.07 Å². The number of rotatable bonds is 4. The minimum absolute atomic E-state index is 0.141. The minimum Gasteiger partial charge on any atom is -0.476 e. The van der Waals surface area contributed by atoms with E-state index in [1.54, 1.807) is 24.3 Å². The Balaban J connectivity index is 1.98. The second kappa shape index (κ2) is 5.01. The quantitative estimate of drug-likeness (QED) is 0.850. The molecular weight excluding hydrogens is 234 g/mol. The van der Waals surface area contributed by atoms with Crippen LogP contribution in [0.25, 0.3) is 0 Å². The molecule has 0 fully saturated rings. The third-order valence-corrected chi connectivity index (χ3v) is 2.25. The molecule has 0 aliphatic carbocycles. The number of oxazole rings is 1. The van der Waals surface area contributed by atoms with Crippen LogP contribution in [0.2, 0.25) is 0 Å². The van der Waals surface area contributed by atoms with Gasteiger partial charge in [0.15, 0.2) is 5.69 Å². The monoisotopic (exact) mass is 243 g/mol. The van der Waals surface area contributed by atoms with E-state index in [2.05, 4.69) is 10.3 Å². The Morgan fingerprint density at radius 1 is 1.44 bits per heavy atom. The molecule has 1 aromatic heterocycles. The zero-order valence-corrected chi connectivity index (χ0v) is 9.25. The van der Waals surface area contributed by atoms with E-state index in [1.165, 1.54) is 0 Å². The highest BCUT2D eigenvalue weighted by Gasteiger charge is 2.09. The summed E-state index contributed by atoms with van der Waals surface area (Å²) < 4.78 is 4.94. The van der Waals surface area contributed by atoms with Crippen molar-refractivity contribution < 1.29 is 14.3 Å². The number of nitrogens with one attached hydrogen (secondary N) is 1. The number of carboxylic acids is 1. The van der Waals surface area contributed by atoms with E-state index in [1.807, 2.05) is 6.07 Å². The summed E-state index contributed by atoms with van der Waals surface area (Å²) in [4.78, 5) is 14.3. The highest BCUT2D eigenvalue weighted by Crippen LogP contribution is 2.10. The number of aromatic nitrogens is 1. The predicted octanol–water partition coefficient (Wildman–Crippen LogP) is 1.86. The smallest absolute Gasteiger partial charge is 0.357 e. The number of hydrogen-bond acceptors (Lipinski definition) is 5. The summed E-state index contributed by atoms with van der Waals surface area (Å²) >= 11 is 0. The Morgan fingerprint density at radius 2 is 2.17 bits per heavy atom. The molecule has 1 heterocycles. The van der Waals surface area contributed by atoms with Crippen molar-refractivity contribution in [2.75, 3.05) is 5.32 Å². The molecule has 6 nitrogen and oxygen atoms in total. The summed E-state index contributed by atoms with van der Waals surface area (Å²) in [7, 11) is 0. The van der Waals surface area contributed by atoms with Gasteiger partial charge in [0.25, 0.3) is 6.01 Å². The van der Waals surface area contributed by atoms with Crippen molar-refractivity contribution in [1.29, 1.82) is 5.26 Å². The Bertz CT molecular complexity index is 596. The molecule has 0 atom stereocenters. The van der Waals surface area contributed by atoms with Crippen LogP contribution >= 0.6 is 0 Å². The molecular formula is C12H9N3O3. The van der Waals surface area contributed by atoms with Gasteiger partial charge in [-0.2, -0.15) is 10.2 Å². The standard InChI is InChI=1S/C12H9N3O3/c13-5-8-1-3-9(4-2-8)6-14-12-15-10(7-18-12)11(16)17/h1-4,7H,6H2,(H,14,15)(H,16,17). The minimum atomic E-state index is -1.13. The molecule has 2 N–H and O–H groups in total. The number of anilines is 1. The maximum atomic E-state index is 10.6. The number of nitrogens with zero attached hydrogens (tertiary/aromatic N) is 2. The third-order valence-electron chi connectivity index (χ3n) is 2.25. The van der Waals surface area contributed by atoms with Crippen molar-refractivity contribution in [1.82, 2.24) is 4.98 Å². The first-order valence-electron chi connectivity index (χ1n) is 5.11. The summed E-state index contributed by atoms with van der Waals surface area (Å²) in [6.07, 6.45) is 1.07. The van der Waals surface area contributed by atoms with E-state index < -0.39 is 5.97 Å². The molecule has 2 aromatic rings. The van der Waals surface area contributed by atoms with E-state index >= 15 is 0 Å². The molecule has 0 saturated carbocycles. The Hall–Kier alpha value is -2.81. The zero-order chi connectivity index (χ0) is 13.0. The average molecular weight is 243 g/mol. The fourth-order valence-electron chi connectivity index (χ4n) is 1.33. The van der Waals surface area contributed by atoms with Gasteiger partial charge in [0.2, 0.25) is 0 Å². The number of nitriles is 1. The highest BCUT2D eigenvalue weighted by molar-refractivity contribution is 5.85. The van der Waals surface area contributed by atoms with Crippen LogP contribution in [0.4, 0.5) is 6.01 Å². The lowest BCUT2D eigenvalue weighted by Gasteiger charge is -2.01. The molecule has 0 radical (unpaired) electrons. The van der Waals surface area contributed by atoms with Gasteiger partial charge in [-0.1, -0.05) is 12.1 Å². The summed E-state index contributed by atoms with van der Waals surface area (Å²) in [5.74, 6) is -1.13. The van der Waals surface area contributed by atoms with E-state index in [-0.39, 0.29) is 11.7 Å². The first kappa shape index (κ1) is 11.7. The Morgan fingerprint density at radius 3 is 2.72 bits per heavy atom. The average Bonchev–Trinajstić information content (AvgIpc) is 2.86. The van der Waals surface area contributed by atoms with Crippen LogP contribution in [0.15, 0.2) is 34.9 Å². The number of hydrogen-bond donors (Lipinski definition) is 2. The number of aromatic carboxylic acids is 1. The second-order valence-corrected chi connectivity index (χ2v) is 3.51. The van der Waals surface area contributed by atoms with Crippen LogP contribution in [-0.2, 0) is 6.54 Å². The van der Waals surface area contributed by atoms with Gasteiger partial charge in [0, 0.05) is 6.54 Å². The van der Waals surface area contributed by atoms with E-state index in [4.69, 9.17) is 14.8 Å². The van der Waals surface area contributed by atoms with Crippen molar-refractivity contribution >= 4 is 12.0 Å². The van der Waals surface area contributed by atoms with E-state index in [0.717, 1.165) is 11.8 Å². The maximum Gasteiger partial charge on any atom is 0.357 e. The van der Waals surface area contributed by atoms with E-state index in [0.29, 0.717) is 12.1 Å². The first-order valence-corrected chi connectivity index (χ1v) is 5.11. The zero-order valence-electron chi connectivity index (χ0n) is 9.25. The molecule has 6 heteroatoms. The van der Waals surface area contributed by atoms with Crippen LogP contribution in [0, 0.1) is 11.3 Å². The predicted molar refractivity (Wildman–Crippen MR) is 61.9 cm³/mol. The molecule has 0 aliphatic rings. The van der Waals surface area contributed by atoms with Crippen LogP contribution in [-0.4, -0.2) is 16.1 Å². The highest BCUT2D eigenvalue weighted by atomic mass is 16.4. The maximum absolute atomic E-state index is 10.6. The number of carboxylic acid groups (broad SMARTS) is 1. The first-order chi connectivity index (χ1) is 8.69. The van der Waals surface area contributed by atoms with Gasteiger partial charge in [0.05, 0.1) is 11.6 Å². The fraction of sp³-hybridized carbons (Fsp3) is 0.0833. The Kier molecular flexibility index (Phi) is 3.25. The number of carbonyl (C=O) groups is 1. The molecule has 0 spiro atoms. The van der Waals surface area contributed by atoms with Gasteiger partial charge in [-0.05, 0) is 17.7 Å². The van der Waals surface area contributed by atoms with Gasteiger partial charge in [-0.25, -0.2) is 4.79 Å². The van der Waals surface area contributed by atoms with Crippen molar-refractivity contribution in [2.24, 2.45) is 0 Å². The van der Waals surface area contributed by atoms with Gasteiger partial charge < -0.3 is 14.8 Å². The normalized spacial score (nSPS) is 9.72. The van der Waals surface area contributed by atoms with Crippen molar-refractivity contribution in [2.45, 2.75) is 6.54 Å².